The number of nitrogens with zero attached hydrogens (tertiary/aromatic N) is 3. The maximum Gasteiger partial charge on any atom is 0.239 e. The van der Waals surface area contributed by atoms with Crippen LogP contribution in [0.2, 0.25) is 0 Å². The van der Waals surface area contributed by atoms with Crippen molar-refractivity contribution >= 4 is 21.6 Å². The summed E-state index contributed by atoms with van der Waals surface area (Å²) >= 11 is 0. The number of piperazine rings is 1. The number of hydrogen-bond acceptors (Lipinski definition) is 5. The molecule has 0 aromatic heterocycles. The van der Waals surface area contributed by atoms with Gasteiger partial charge in [-0.3, -0.25) is 4.79 Å². The van der Waals surface area contributed by atoms with E-state index in [2.05, 4.69) is 35.3 Å². The lowest BCUT2D eigenvalue weighted by Gasteiger charge is -2.36. The molecule has 0 saturated carbocycles. The van der Waals surface area contributed by atoms with Gasteiger partial charge in [0.1, 0.15) is 5.75 Å². The number of aryl methyl sites for hydroxylation is 1. The Kier molecular flexibility index (Phi) is 6.39. The number of carbonyl (C=O) groups excluding carboxylic acids is 1. The van der Waals surface area contributed by atoms with E-state index in [-0.39, 0.29) is 11.9 Å². The fourth-order valence-electron chi connectivity index (χ4n) is 3.80. The minimum atomic E-state index is -3.58. The van der Waals surface area contributed by atoms with Crippen LogP contribution in [0.3, 0.4) is 0 Å². The molecule has 0 bridgehead atoms. The molecule has 2 saturated heterocycles. The summed E-state index contributed by atoms with van der Waals surface area (Å²) in [7, 11) is -1.85. The molecule has 1 aromatic rings. The smallest absolute Gasteiger partial charge is 0.239 e. The van der Waals surface area contributed by atoms with Crippen molar-refractivity contribution in [2.45, 2.75) is 25.8 Å². The van der Waals surface area contributed by atoms with Crippen molar-refractivity contribution in [1.29, 1.82) is 0 Å². The van der Waals surface area contributed by atoms with Crippen molar-refractivity contribution in [3.05, 3.63) is 29.8 Å². The van der Waals surface area contributed by atoms with Crippen molar-refractivity contribution in [3.63, 3.8) is 0 Å². The van der Waals surface area contributed by atoms with Gasteiger partial charge in [-0.15, -0.1) is 0 Å². The normalized spacial score (nSPS) is 19.9. The molecular weight excluding hydrogens is 364 g/mol. The standard InChI is InChI=1S/C19H30N4O3S/c1-16-4-3-5-18(14-16)22-10-12-23(13-11-22)27(25,26)15-19(24)21(2)17-6-8-20-9-7-17/h3-5,14,17,20H,6-13,15H2,1-2H3. The molecule has 150 valence electrons. The van der Waals surface area contributed by atoms with Crippen LogP contribution in [0.15, 0.2) is 24.3 Å². The minimum absolute atomic E-state index is 0.132. The summed E-state index contributed by atoms with van der Waals surface area (Å²) in [6.07, 6.45) is 1.74. The fraction of sp³-hybridized carbons (Fsp3) is 0.632. The second kappa shape index (κ2) is 8.58. The van der Waals surface area contributed by atoms with Gasteiger partial charge in [-0.05, 0) is 50.6 Å². The molecule has 0 spiro atoms. The van der Waals surface area contributed by atoms with E-state index in [1.54, 1.807) is 11.9 Å². The molecule has 2 aliphatic heterocycles. The zero-order chi connectivity index (χ0) is 19.4. The van der Waals surface area contributed by atoms with Gasteiger partial charge in [0, 0.05) is 45.0 Å². The van der Waals surface area contributed by atoms with Crippen molar-refractivity contribution in [3.8, 4) is 0 Å². The van der Waals surface area contributed by atoms with Gasteiger partial charge in [0.05, 0.1) is 0 Å². The van der Waals surface area contributed by atoms with Crippen LogP contribution >= 0.6 is 0 Å². The zero-order valence-electron chi connectivity index (χ0n) is 16.2. The van der Waals surface area contributed by atoms with Gasteiger partial charge in [0.15, 0.2) is 0 Å². The van der Waals surface area contributed by atoms with Crippen LogP contribution in [0.25, 0.3) is 0 Å². The van der Waals surface area contributed by atoms with E-state index < -0.39 is 15.8 Å². The van der Waals surface area contributed by atoms with Crippen LogP contribution in [0.1, 0.15) is 18.4 Å². The fourth-order valence-corrected chi connectivity index (χ4v) is 5.21. The predicted molar refractivity (Wildman–Crippen MR) is 107 cm³/mol. The number of carbonyl (C=O) groups is 1. The van der Waals surface area contributed by atoms with Crippen molar-refractivity contribution < 1.29 is 13.2 Å². The molecule has 1 amide bonds. The number of nitrogens with one attached hydrogen (secondary N) is 1. The highest BCUT2D eigenvalue weighted by Crippen LogP contribution is 2.19. The van der Waals surface area contributed by atoms with Gasteiger partial charge in [-0.2, -0.15) is 4.31 Å². The largest absolute Gasteiger partial charge is 0.369 e. The average Bonchev–Trinajstić information content (AvgIpc) is 2.68. The van der Waals surface area contributed by atoms with Crippen molar-refractivity contribution in [1.82, 2.24) is 14.5 Å². The van der Waals surface area contributed by atoms with Gasteiger partial charge in [0.2, 0.25) is 15.9 Å². The molecule has 7 nitrogen and oxygen atoms in total. The summed E-state index contributed by atoms with van der Waals surface area (Å²) < 4.78 is 26.9. The lowest BCUT2D eigenvalue weighted by Crippen LogP contribution is -2.52. The quantitative estimate of drug-likeness (QED) is 0.794. The third kappa shape index (κ3) is 5.00. The van der Waals surface area contributed by atoms with Crippen LogP contribution in [0, 0.1) is 6.92 Å². The second-order valence-corrected chi connectivity index (χ2v) is 9.44. The maximum atomic E-state index is 12.7. The molecule has 0 radical (unpaired) electrons. The Morgan fingerprint density at radius 2 is 1.85 bits per heavy atom. The number of hydrogen-bond donors (Lipinski definition) is 1. The molecule has 0 aliphatic carbocycles. The maximum absolute atomic E-state index is 12.7. The number of benzene rings is 1. The Bertz CT molecular complexity index is 754. The SMILES string of the molecule is Cc1cccc(N2CCN(S(=O)(=O)CC(=O)N(C)C3CCNCC3)CC2)c1. The first-order valence-corrected chi connectivity index (χ1v) is 11.2. The highest BCUT2D eigenvalue weighted by molar-refractivity contribution is 7.89. The Morgan fingerprint density at radius 1 is 1.19 bits per heavy atom. The number of anilines is 1. The Hall–Kier alpha value is -1.64. The third-order valence-corrected chi connectivity index (χ3v) is 7.32. The van der Waals surface area contributed by atoms with E-state index >= 15 is 0 Å². The highest BCUT2D eigenvalue weighted by atomic mass is 32.2. The molecule has 1 N–H and O–H groups in total. The topological polar surface area (TPSA) is 73.0 Å². The summed E-state index contributed by atoms with van der Waals surface area (Å²) in [5.74, 6) is -0.735. The van der Waals surface area contributed by atoms with Crippen LogP contribution < -0.4 is 10.2 Å². The van der Waals surface area contributed by atoms with E-state index in [1.807, 2.05) is 6.07 Å². The molecule has 2 fully saturated rings. The molecular formula is C19H30N4O3S. The van der Waals surface area contributed by atoms with E-state index in [0.717, 1.165) is 31.6 Å². The number of piperidine rings is 1. The number of amides is 1. The Morgan fingerprint density at radius 3 is 2.48 bits per heavy atom. The summed E-state index contributed by atoms with van der Waals surface area (Å²) in [6.45, 7) is 5.91. The van der Waals surface area contributed by atoms with Gasteiger partial charge < -0.3 is 15.1 Å². The molecule has 8 heteroatoms. The lowest BCUT2D eigenvalue weighted by atomic mass is 10.1. The van der Waals surface area contributed by atoms with Crippen molar-refractivity contribution in [2.24, 2.45) is 0 Å². The Labute approximate surface area is 162 Å². The van der Waals surface area contributed by atoms with Gasteiger partial charge in [-0.1, -0.05) is 12.1 Å². The highest BCUT2D eigenvalue weighted by Gasteiger charge is 2.31. The molecule has 2 heterocycles. The van der Waals surface area contributed by atoms with E-state index in [4.69, 9.17) is 0 Å². The monoisotopic (exact) mass is 394 g/mol. The van der Waals surface area contributed by atoms with Crippen LogP contribution in [0.4, 0.5) is 5.69 Å². The summed E-state index contributed by atoms with van der Waals surface area (Å²) in [5, 5.41) is 3.26. The van der Waals surface area contributed by atoms with Crippen LogP contribution in [-0.4, -0.2) is 81.6 Å². The first-order valence-electron chi connectivity index (χ1n) is 9.62. The van der Waals surface area contributed by atoms with E-state index in [1.165, 1.54) is 9.87 Å². The molecule has 27 heavy (non-hydrogen) atoms. The van der Waals surface area contributed by atoms with Gasteiger partial charge >= 0.3 is 0 Å². The summed E-state index contributed by atoms with van der Waals surface area (Å²) in [4.78, 5) is 16.3. The summed E-state index contributed by atoms with van der Waals surface area (Å²) in [6, 6.07) is 8.36. The average molecular weight is 395 g/mol. The molecule has 2 aliphatic rings. The lowest BCUT2D eigenvalue weighted by molar-refractivity contribution is -0.129. The number of rotatable bonds is 5. The zero-order valence-corrected chi connectivity index (χ0v) is 17.0. The molecule has 1 aromatic carbocycles. The first kappa shape index (κ1) is 20.1. The van der Waals surface area contributed by atoms with Crippen molar-refractivity contribution in [2.75, 3.05) is 57.0 Å². The van der Waals surface area contributed by atoms with E-state index in [0.29, 0.717) is 26.2 Å². The van der Waals surface area contributed by atoms with Gasteiger partial charge in [0.25, 0.3) is 0 Å². The van der Waals surface area contributed by atoms with Crippen LogP contribution in [-0.2, 0) is 14.8 Å². The summed E-state index contributed by atoms with van der Waals surface area (Å²) in [5.41, 5.74) is 2.31. The number of sulfonamides is 1. The first-order chi connectivity index (χ1) is 12.9. The molecule has 3 rings (SSSR count). The molecule has 0 unspecified atom stereocenters. The van der Waals surface area contributed by atoms with Gasteiger partial charge in [-0.25, -0.2) is 8.42 Å². The van der Waals surface area contributed by atoms with Crippen LogP contribution in [0.5, 0.6) is 0 Å². The molecule has 0 atom stereocenters. The third-order valence-electron chi connectivity index (χ3n) is 5.55. The predicted octanol–water partition coefficient (Wildman–Crippen LogP) is 0.657. The Balaban J connectivity index is 1.55. The van der Waals surface area contributed by atoms with E-state index in [9.17, 15) is 13.2 Å². The minimum Gasteiger partial charge on any atom is -0.369 e. The second-order valence-electron chi connectivity index (χ2n) is 7.47.